The molecule has 1 amide bonds. The van der Waals surface area contributed by atoms with Gasteiger partial charge < -0.3 is 52.2 Å². The van der Waals surface area contributed by atoms with Crippen molar-refractivity contribution in [2.75, 3.05) is 19.6 Å². The molecule has 0 radical (unpaired) electrons. The fraction of sp³-hybridized carbons (Fsp3) is 0.726. The Balaban J connectivity index is 0.811. The maximum Gasteiger partial charge on any atom is 0.303 e. The number of aryl methyl sites for hydroxylation is 1. The number of guanidine groups is 2. The number of carbonyl (C=O) groups is 2. The summed E-state index contributed by atoms with van der Waals surface area (Å²) in [5.41, 5.74) is 21.3. The minimum Gasteiger partial charge on any atom is -0.504 e. The Morgan fingerprint density at radius 2 is 1.70 bits per heavy atom. The van der Waals surface area contributed by atoms with Gasteiger partial charge >= 0.3 is 5.97 Å². The number of aliphatic hydroxyl groups is 2. The molecule has 9 saturated carbocycles. The van der Waals surface area contributed by atoms with E-state index >= 15 is 4.79 Å². The molecule has 7 heterocycles. The number of nitrogens with zero attached hydrogens (tertiary/aromatic N) is 3. The number of rotatable bonds is 4. The summed E-state index contributed by atoms with van der Waals surface area (Å²) >= 11 is 0. The molecule has 2 aromatic carbocycles. The summed E-state index contributed by atoms with van der Waals surface area (Å²) in [6.07, 6.45) is 34.3. The predicted molar refractivity (Wildman–Crippen MR) is 350 cm³/mol. The summed E-state index contributed by atoms with van der Waals surface area (Å²) in [7, 11) is 4.16. The van der Waals surface area contributed by atoms with Crippen LogP contribution in [0.3, 0.4) is 0 Å². The van der Waals surface area contributed by atoms with Crippen LogP contribution in [0.5, 0.6) is 11.5 Å². The largest absolute Gasteiger partial charge is 0.504 e. The Morgan fingerprint density at radius 3 is 2.52 bits per heavy atom. The number of allylic oxidation sites excluding steroid dienone is 2. The molecule has 14 nitrogen and oxygen atoms in total. The highest BCUT2D eigenvalue weighted by molar-refractivity contribution is 8.77. The zero-order valence-electron chi connectivity index (χ0n) is 52.6. The normalized spacial score (nSPS) is 44.8. The second-order valence-electron chi connectivity index (χ2n) is 31.8. The van der Waals surface area contributed by atoms with Crippen molar-refractivity contribution in [3.63, 3.8) is 0 Å². The number of aromatic hydroxyl groups is 1. The number of carbonyl (C=O) groups excluding carboxylic acids is 2. The van der Waals surface area contributed by atoms with Crippen molar-refractivity contribution in [2.45, 2.75) is 232 Å². The number of nitrogens with two attached hydrogens (primary N) is 3. The van der Waals surface area contributed by atoms with Crippen molar-refractivity contribution >= 4 is 45.4 Å². The van der Waals surface area contributed by atoms with Gasteiger partial charge in [0.1, 0.15) is 16.1 Å². The second-order valence-corrected chi connectivity index (χ2v) is 34.5. The van der Waals surface area contributed by atoms with E-state index in [0.717, 1.165) is 120 Å². The van der Waals surface area contributed by atoms with Gasteiger partial charge in [-0.2, -0.15) is 0 Å². The molecule has 18 aliphatic rings. The first-order chi connectivity index (χ1) is 43.0. The lowest BCUT2D eigenvalue weighted by Crippen LogP contribution is -2.62. The first-order valence-corrected chi connectivity index (χ1v) is 37.5. The maximum absolute atomic E-state index is 15.1. The van der Waals surface area contributed by atoms with E-state index in [1.54, 1.807) is 0 Å². The van der Waals surface area contributed by atoms with Crippen molar-refractivity contribution in [1.82, 2.24) is 10.2 Å². The zero-order chi connectivity index (χ0) is 60.9. The van der Waals surface area contributed by atoms with Crippen molar-refractivity contribution in [1.29, 1.82) is 0 Å². The summed E-state index contributed by atoms with van der Waals surface area (Å²) in [5, 5.41) is 43.9. The summed E-state index contributed by atoms with van der Waals surface area (Å²) < 4.78 is 13.9. The van der Waals surface area contributed by atoms with Crippen molar-refractivity contribution in [2.24, 2.45) is 102 Å². The van der Waals surface area contributed by atoms with Crippen LogP contribution in [-0.4, -0.2) is 97.2 Å². The first kappa shape index (κ1) is 59.6. The van der Waals surface area contributed by atoms with Gasteiger partial charge in [0.25, 0.3) is 0 Å². The molecule has 10 fully saturated rings. The third-order valence-corrected chi connectivity index (χ3v) is 32.0. The van der Waals surface area contributed by atoms with Crippen LogP contribution < -0.4 is 27.3 Å². The molecule has 12 bridgehead atoms. The van der Waals surface area contributed by atoms with Crippen molar-refractivity contribution in [3.8, 4) is 11.5 Å². The van der Waals surface area contributed by atoms with Crippen LogP contribution in [0.1, 0.15) is 208 Å². The molecular weight excluding hydrogens is 1150 g/mol. The number of esters is 1. The minimum atomic E-state index is -0.908. The van der Waals surface area contributed by atoms with Gasteiger partial charge in [-0.25, -0.2) is 0 Å². The number of benzene rings is 2. The van der Waals surface area contributed by atoms with E-state index in [4.69, 9.17) is 31.7 Å². The van der Waals surface area contributed by atoms with E-state index in [2.05, 4.69) is 92.6 Å². The van der Waals surface area contributed by atoms with Crippen LogP contribution >= 0.6 is 21.6 Å². The minimum absolute atomic E-state index is 0.00419. The number of phenols is 1. The smallest absolute Gasteiger partial charge is 0.303 e. The van der Waals surface area contributed by atoms with Gasteiger partial charge in [0.2, 0.25) is 5.91 Å². The standard InChI is InChI=1S/C73H99N7O7S2/c1-43(81)86-68-31-21-45-34-49(62(84)63-60(45)46-22-33-71(87-63)28-7-12-50(71)35-46)41-80-42-69(38-59(80)83)51(15-17-54(69)44-10-3-2-4-11-44)40-78-66(76)79-73(30-8-26-67(73)24-5-6-25-67)89-88-58-20-19-55-52(53(23-32-68)57(82)37-68)16-18-56(58)72(55)29-9-27-70(72)36-47-13-14-48(39-77-65(74)75)61(47)64(70)85/h2-4,10-11,19-20,22,33-34,46-48,50-58,61,64,82,84-85H,5-9,12-18,21,23-32,35-42H2,1H3,(H4,74,75,77)(H3,76,78,79)/t46-,47-,48-,50-,51+,52-,53-,54+,55-,56-,57-,58-,61+,64-,68+,69-,70-,71+,72+,73+/m1/s1. The number of hydrogen-bond donors (Lipinski definition) is 7. The SMILES string of the molecule is CC(=O)O[C@@]12CCc3cc(c(O)c4c3[C@@H]3C=C[C@]5(CCC[C@@H]5C3)O4)CN3C[C@]4(CC3=O)[C@@H](CC[C@H]4c3ccccc3)CN=C(N)N[C@@]3(CCCC34CCCC4)SS[C@@H]3C=C[C@@H]4[C@H](CC[C@H]3[C@]43CCC[C@]34C[C@H]3CC[C@H](CN=C(N)N)[C@H]3[C@H]4O)[C@@H](CC1)[C@H](O)C2. The highest BCUT2D eigenvalue weighted by atomic mass is 33.1. The van der Waals surface area contributed by atoms with Crippen LogP contribution in [0.2, 0.25) is 0 Å². The lowest BCUT2D eigenvalue weighted by atomic mass is 9.42. The van der Waals surface area contributed by atoms with E-state index in [1.165, 1.54) is 44.6 Å². The molecule has 0 aromatic heterocycles. The lowest BCUT2D eigenvalue weighted by Gasteiger charge is -2.64. The Morgan fingerprint density at radius 1 is 0.865 bits per heavy atom. The van der Waals surface area contributed by atoms with E-state index in [-0.39, 0.29) is 104 Å². The highest BCUT2D eigenvalue weighted by Crippen LogP contribution is 2.78. The third-order valence-electron chi connectivity index (χ3n) is 28.4. The number of nitrogens with one attached hydrogen (secondary N) is 1. The monoisotopic (exact) mass is 1250 g/mol. The average Bonchev–Trinajstić information content (AvgIpc) is 1.57. The number of phenolic OH excluding ortho intramolecular Hbond substituents is 1. The molecule has 1 saturated heterocycles. The quantitative estimate of drug-likeness (QED) is 0.0497. The van der Waals surface area contributed by atoms with Crippen molar-refractivity contribution in [3.05, 3.63) is 83.0 Å². The summed E-state index contributed by atoms with van der Waals surface area (Å²) in [4.78, 5) is 40.5. The van der Waals surface area contributed by atoms with Gasteiger partial charge in [0.15, 0.2) is 23.4 Å². The highest BCUT2D eigenvalue weighted by Gasteiger charge is 2.74. The van der Waals surface area contributed by atoms with Crippen LogP contribution in [0.4, 0.5) is 0 Å². The Labute approximate surface area is 535 Å². The second kappa shape index (κ2) is 22.1. The molecule has 7 aliphatic heterocycles. The van der Waals surface area contributed by atoms with E-state index in [0.29, 0.717) is 86.8 Å². The Hall–Kier alpha value is -4.38. The molecule has 0 unspecified atom stereocenters. The zero-order valence-corrected chi connectivity index (χ0v) is 54.3. The van der Waals surface area contributed by atoms with Gasteiger partial charge in [-0.1, -0.05) is 89.4 Å². The van der Waals surface area contributed by atoms with Gasteiger partial charge in [0, 0.05) is 90.4 Å². The topological polar surface area (TPSA) is 231 Å². The van der Waals surface area contributed by atoms with Gasteiger partial charge in [-0.05, 0) is 223 Å². The number of fused-ring (bicyclic) bond motifs is 3. The molecule has 2 aromatic rings. The number of hydrogen-bond acceptors (Lipinski definition) is 13. The fourth-order valence-corrected chi connectivity index (χ4v) is 29.0. The van der Waals surface area contributed by atoms with Crippen LogP contribution in [-0.2, 0) is 27.3 Å². The Bertz CT molecular complexity index is 3240. The van der Waals surface area contributed by atoms with Crippen LogP contribution in [0.25, 0.3) is 0 Å². The fourth-order valence-electron chi connectivity index (χ4n) is 24.9. The van der Waals surface area contributed by atoms with E-state index < -0.39 is 28.8 Å². The predicted octanol–water partition coefficient (Wildman–Crippen LogP) is 11.8. The molecule has 480 valence electrons. The first-order valence-electron chi connectivity index (χ1n) is 35.3. The molecule has 6 spiro atoms. The Kier molecular flexibility index (Phi) is 14.8. The van der Waals surface area contributed by atoms with Crippen molar-refractivity contribution < 1.29 is 34.4 Å². The number of amides is 1. The molecule has 10 N–H and O–H groups in total. The van der Waals surface area contributed by atoms with Gasteiger partial charge in [-0.3, -0.25) is 19.6 Å². The molecule has 89 heavy (non-hydrogen) atoms. The average molecular weight is 1250 g/mol. The van der Waals surface area contributed by atoms with Gasteiger partial charge in [-0.15, -0.1) is 0 Å². The summed E-state index contributed by atoms with van der Waals surface area (Å²) in [6.45, 7) is 3.41. The number of aliphatic imine (C=N–C) groups is 2. The molecule has 11 aliphatic carbocycles. The lowest BCUT2D eigenvalue weighted by molar-refractivity contribution is -0.180. The summed E-state index contributed by atoms with van der Waals surface area (Å²) in [6, 6.07) is 13.0. The number of aliphatic hydroxyl groups excluding tert-OH is 2. The molecule has 20 rings (SSSR count). The molecule has 20 atom stereocenters. The van der Waals surface area contributed by atoms with Crippen LogP contribution in [0.15, 0.2) is 70.7 Å². The van der Waals surface area contributed by atoms with Gasteiger partial charge in [0.05, 0.1) is 12.2 Å². The molecular formula is C73H99N7O7S2. The maximum atomic E-state index is 15.1. The summed E-state index contributed by atoms with van der Waals surface area (Å²) in [5.74, 6) is 3.28. The van der Waals surface area contributed by atoms with E-state index in [1.807, 2.05) is 4.90 Å². The number of ether oxygens (including phenoxy) is 2. The third kappa shape index (κ3) is 9.16. The molecule has 16 heteroatoms. The van der Waals surface area contributed by atoms with E-state index in [9.17, 15) is 20.1 Å². The van der Waals surface area contributed by atoms with Crippen LogP contribution in [0, 0.1) is 74.9 Å².